The first-order chi connectivity index (χ1) is 4.87. The average Bonchev–Trinajstić information content (AvgIpc) is 1.82. The fraction of sp³-hybridized carbons (Fsp3) is 0.600. The van der Waals surface area contributed by atoms with Crippen LogP contribution >= 0.6 is 51.5 Å². The molecule has 1 nitrogen and oxygen atoms in total. The highest BCUT2D eigenvalue weighted by Gasteiger charge is 2.13. The molecule has 0 N–H and O–H groups in total. The van der Waals surface area contributed by atoms with Crippen molar-refractivity contribution in [2.75, 3.05) is 5.88 Å². The van der Waals surface area contributed by atoms with Crippen molar-refractivity contribution in [3.63, 3.8) is 0 Å². The fourth-order valence-electron chi connectivity index (χ4n) is 0.440. The van der Waals surface area contributed by atoms with Crippen molar-refractivity contribution in [1.29, 1.82) is 0 Å². The van der Waals surface area contributed by atoms with E-state index >= 15 is 0 Å². The largest absolute Gasteiger partial charge is 0.285 e. The summed E-state index contributed by atoms with van der Waals surface area (Å²) in [5, 5.41) is -0.359. The summed E-state index contributed by atoms with van der Waals surface area (Å²) in [7, 11) is 0. The molecule has 0 aromatic carbocycles. The van der Waals surface area contributed by atoms with Crippen molar-refractivity contribution < 1.29 is 4.57 Å². The molecule has 1 unspecified atom stereocenters. The summed E-state index contributed by atoms with van der Waals surface area (Å²) in [5.74, 6) is -1.66. The standard InChI is InChI=1S/C5H7Cl4OP/c1-4(5(7)2-6)3-11(8,9)10/h3,5H,2H2,1H3/b4-3-. The van der Waals surface area contributed by atoms with E-state index < -0.39 is 5.85 Å². The lowest BCUT2D eigenvalue weighted by Crippen LogP contribution is -2.00. The molecule has 0 heterocycles. The number of alkyl halides is 2. The Balaban J connectivity index is 4.34. The van der Waals surface area contributed by atoms with Gasteiger partial charge in [0, 0.05) is 11.7 Å². The molecule has 6 heteroatoms. The van der Waals surface area contributed by atoms with Crippen molar-refractivity contribution in [1.82, 2.24) is 0 Å². The second-order valence-corrected chi connectivity index (χ2v) is 7.63. The molecule has 0 spiro atoms. The van der Waals surface area contributed by atoms with E-state index in [1.165, 1.54) is 5.82 Å². The van der Waals surface area contributed by atoms with Crippen LogP contribution < -0.4 is 0 Å². The van der Waals surface area contributed by atoms with E-state index in [1.54, 1.807) is 6.92 Å². The highest BCUT2D eigenvalue weighted by molar-refractivity contribution is 8.10. The molecule has 0 fully saturated rings. The molecule has 0 aromatic rings. The van der Waals surface area contributed by atoms with Crippen LogP contribution in [-0.4, -0.2) is 11.3 Å². The quantitative estimate of drug-likeness (QED) is 0.539. The molecule has 0 aliphatic carbocycles. The third kappa shape index (κ3) is 6.31. The van der Waals surface area contributed by atoms with E-state index in [4.69, 9.17) is 45.7 Å². The Morgan fingerprint density at radius 3 is 2.36 bits per heavy atom. The Morgan fingerprint density at radius 2 is 2.09 bits per heavy atom. The number of rotatable bonds is 3. The highest BCUT2D eigenvalue weighted by atomic mass is 35.9. The summed E-state index contributed by atoms with van der Waals surface area (Å²) in [6.45, 7) is 1.68. The van der Waals surface area contributed by atoms with Gasteiger partial charge in [-0.25, -0.2) is 0 Å². The van der Waals surface area contributed by atoms with Crippen LogP contribution in [0.15, 0.2) is 11.4 Å². The van der Waals surface area contributed by atoms with Gasteiger partial charge < -0.3 is 0 Å². The van der Waals surface area contributed by atoms with Crippen molar-refractivity contribution in [3.8, 4) is 0 Å². The molecule has 1 atom stereocenters. The van der Waals surface area contributed by atoms with Gasteiger partial charge in [-0.2, -0.15) is 0 Å². The number of hydrogen-bond donors (Lipinski definition) is 0. The first kappa shape index (κ1) is 12.1. The Bertz CT molecular complexity index is 197. The predicted molar refractivity (Wildman–Crippen MR) is 53.4 cm³/mol. The first-order valence-electron chi connectivity index (χ1n) is 2.75. The molecule has 0 saturated carbocycles. The summed E-state index contributed by atoms with van der Waals surface area (Å²) < 4.78 is 10.8. The van der Waals surface area contributed by atoms with Crippen LogP contribution in [0, 0.1) is 0 Å². The Morgan fingerprint density at radius 1 is 1.64 bits per heavy atom. The minimum absolute atomic E-state index is 0.248. The van der Waals surface area contributed by atoms with E-state index in [1.807, 2.05) is 0 Å². The van der Waals surface area contributed by atoms with Crippen LogP contribution in [0.5, 0.6) is 0 Å². The van der Waals surface area contributed by atoms with Gasteiger partial charge in [0.2, 0.25) is 0 Å². The molecular weight excluding hydrogens is 249 g/mol. The van der Waals surface area contributed by atoms with Gasteiger partial charge in [-0.1, -0.05) is 0 Å². The SMILES string of the molecule is C/C(=C/P(=O)(Cl)Cl)C(Cl)CCl. The van der Waals surface area contributed by atoms with Gasteiger partial charge in [0.25, 0.3) is 5.85 Å². The van der Waals surface area contributed by atoms with Gasteiger partial charge >= 0.3 is 0 Å². The third-order valence-corrected chi connectivity index (χ3v) is 3.24. The molecule has 0 aromatic heterocycles. The number of hydrogen-bond acceptors (Lipinski definition) is 1. The Kier molecular flexibility index (Phi) is 5.50. The summed E-state index contributed by atoms with van der Waals surface area (Å²) >= 11 is 21.7. The first-order valence-corrected chi connectivity index (χ1v) is 7.31. The lowest BCUT2D eigenvalue weighted by Gasteiger charge is -2.05. The molecule has 0 aliphatic heterocycles. The topological polar surface area (TPSA) is 17.1 Å². The second kappa shape index (κ2) is 4.99. The molecule has 0 rings (SSSR count). The zero-order valence-corrected chi connectivity index (χ0v) is 9.65. The molecule has 0 aliphatic rings. The van der Waals surface area contributed by atoms with Crippen LogP contribution in [0.3, 0.4) is 0 Å². The molecule has 0 radical (unpaired) electrons. The van der Waals surface area contributed by atoms with Gasteiger partial charge in [0.05, 0.1) is 5.38 Å². The normalized spacial score (nSPS) is 16.6. The molecule has 0 bridgehead atoms. The van der Waals surface area contributed by atoms with Crippen LogP contribution in [0.2, 0.25) is 0 Å². The van der Waals surface area contributed by atoms with Crippen LogP contribution in [0.4, 0.5) is 0 Å². The van der Waals surface area contributed by atoms with Gasteiger partial charge in [0.1, 0.15) is 0 Å². The van der Waals surface area contributed by atoms with Crippen LogP contribution in [-0.2, 0) is 4.57 Å². The van der Waals surface area contributed by atoms with Crippen molar-refractivity contribution in [2.45, 2.75) is 12.3 Å². The molecule has 11 heavy (non-hydrogen) atoms. The minimum atomic E-state index is -3.15. The van der Waals surface area contributed by atoms with E-state index in [0.29, 0.717) is 5.57 Å². The van der Waals surface area contributed by atoms with E-state index in [9.17, 15) is 4.57 Å². The minimum Gasteiger partial charge on any atom is -0.285 e. The second-order valence-electron chi connectivity index (χ2n) is 2.00. The maximum Gasteiger partial charge on any atom is 0.274 e. The smallest absolute Gasteiger partial charge is 0.274 e. The van der Waals surface area contributed by atoms with Crippen molar-refractivity contribution in [2.24, 2.45) is 0 Å². The summed E-state index contributed by atoms with van der Waals surface area (Å²) in [5.41, 5.74) is 0.634. The summed E-state index contributed by atoms with van der Waals surface area (Å²) in [6.07, 6.45) is 0. The Labute approximate surface area is 85.6 Å². The van der Waals surface area contributed by atoms with E-state index in [2.05, 4.69) is 0 Å². The molecule has 0 amide bonds. The van der Waals surface area contributed by atoms with Gasteiger partial charge in [0.15, 0.2) is 0 Å². The summed E-state index contributed by atoms with van der Waals surface area (Å²) in [4.78, 5) is 0. The lowest BCUT2D eigenvalue weighted by molar-refractivity contribution is 0.597. The Hall–Kier alpha value is 1.13. The van der Waals surface area contributed by atoms with Gasteiger partial charge in [-0.05, 0) is 35.0 Å². The monoisotopic (exact) mass is 254 g/mol. The predicted octanol–water partition coefficient (Wildman–Crippen LogP) is 4.41. The third-order valence-electron chi connectivity index (χ3n) is 0.983. The molecule has 0 saturated heterocycles. The lowest BCUT2D eigenvalue weighted by atomic mass is 10.3. The summed E-state index contributed by atoms with van der Waals surface area (Å²) in [6, 6.07) is 0. The van der Waals surface area contributed by atoms with Gasteiger partial charge in [-0.15, -0.1) is 23.2 Å². The van der Waals surface area contributed by atoms with Gasteiger partial charge in [-0.3, -0.25) is 4.57 Å². The molecule has 66 valence electrons. The maximum absolute atomic E-state index is 10.8. The van der Waals surface area contributed by atoms with Crippen molar-refractivity contribution in [3.05, 3.63) is 11.4 Å². The fourth-order valence-corrected chi connectivity index (χ4v) is 2.41. The zero-order valence-electron chi connectivity index (χ0n) is 5.73. The highest BCUT2D eigenvalue weighted by Crippen LogP contribution is 2.59. The number of halogens is 4. The average molecular weight is 256 g/mol. The number of allylic oxidation sites excluding steroid dienone is 1. The molecular formula is C5H7Cl4OP. The zero-order chi connectivity index (χ0) is 9.07. The van der Waals surface area contributed by atoms with E-state index in [0.717, 1.165) is 0 Å². The van der Waals surface area contributed by atoms with E-state index in [-0.39, 0.29) is 11.3 Å². The van der Waals surface area contributed by atoms with Crippen molar-refractivity contribution >= 4 is 51.5 Å². The van der Waals surface area contributed by atoms with Crippen LogP contribution in [0.25, 0.3) is 0 Å². The van der Waals surface area contributed by atoms with Crippen LogP contribution in [0.1, 0.15) is 6.92 Å². The maximum atomic E-state index is 10.8.